The van der Waals surface area contributed by atoms with E-state index in [0.717, 1.165) is 0 Å². The van der Waals surface area contributed by atoms with Gasteiger partial charge in [0.1, 0.15) is 16.9 Å². The van der Waals surface area contributed by atoms with Gasteiger partial charge in [-0.05, 0) is 24.3 Å². The Bertz CT molecular complexity index is 987. The zero-order chi connectivity index (χ0) is 18.1. The number of hydrogen-bond donors (Lipinski definition) is 2. The Morgan fingerprint density at radius 1 is 0.880 bits per heavy atom. The van der Waals surface area contributed by atoms with Gasteiger partial charge in [0.15, 0.2) is 16.8 Å². The van der Waals surface area contributed by atoms with Crippen LogP contribution in [0.3, 0.4) is 0 Å². The van der Waals surface area contributed by atoms with Crippen molar-refractivity contribution in [3.63, 3.8) is 0 Å². The number of benzene rings is 2. The van der Waals surface area contributed by atoms with Crippen LogP contribution < -0.4 is 19.6 Å². The maximum Gasteiger partial charge on any atom is 0.211 e. The normalized spacial score (nSPS) is 10.7. The third kappa shape index (κ3) is 2.59. The van der Waals surface area contributed by atoms with E-state index in [2.05, 4.69) is 0 Å². The first-order chi connectivity index (χ1) is 12.0. The summed E-state index contributed by atoms with van der Waals surface area (Å²) in [5.41, 5.74) is -0.109. The minimum absolute atomic E-state index is 0.123. The van der Waals surface area contributed by atoms with Crippen molar-refractivity contribution < 1.29 is 28.8 Å². The molecule has 0 amide bonds. The molecule has 0 atom stereocenters. The Morgan fingerprint density at radius 3 is 2.04 bits per heavy atom. The van der Waals surface area contributed by atoms with Gasteiger partial charge < -0.3 is 28.8 Å². The predicted molar refractivity (Wildman–Crippen MR) is 90.9 cm³/mol. The highest BCUT2D eigenvalue weighted by Crippen LogP contribution is 2.49. The number of ether oxygens (including phenoxy) is 3. The fraction of sp³-hybridized carbons (Fsp3) is 0.167. The van der Waals surface area contributed by atoms with Crippen LogP contribution in [0.2, 0.25) is 0 Å². The Kier molecular flexibility index (Phi) is 4.14. The molecule has 1 aromatic heterocycles. The molecule has 3 rings (SSSR count). The summed E-state index contributed by atoms with van der Waals surface area (Å²) in [7, 11) is 4.14. The molecule has 0 aliphatic carbocycles. The SMILES string of the molecule is COc1ccc(-c2cc(=O)c3c(O)c(OC)c(OC)c(O)c3o2)cc1. The van der Waals surface area contributed by atoms with Crippen LogP contribution in [0, 0.1) is 0 Å². The quantitative estimate of drug-likeness (QED) is 0.702. The van der Waals surface area contributed by atoms with Crippen LogP contribution in [0.1, 0.15) is 0 Å². The van der Waals surface area contributed by atoms with Gasteiger partial charge in [-0.1, -0.05) is 0 Å². The van der Waals surface area contributed by atoms with Crippen molar-refractivity contribution in [3.8, 4) is 40.1 Å². The van der Waals surface area contributed by atoms with Crippen molar-refractivity contribution >= 4 is 11.0 Å². The molecule has 130 valence electrons. The number of methoxy groups -OCH3 is 3. The number of aromatic hydroxyl groups is 2. The van der Waals surface area contributed by atoms with E-state index in [9.17, 15) is 15.0 Å². The molecule has 1 heterocycles. The standard InChI is InChI=1S/C18H16O7/c1-22-10-6-4-9(5-7-10)12-8-11(19)13-14(20)17(23-2)18(24-3)15(21)16(13)25-12/h4-8,20-21H,1-3H3. The topological polar surface area (TPSA) is 98.4 Å². The summed E-state index contributed by atoms with van der Waals surface area (Å²) >= 11 is 0. The molecule has 0 aliphatic heterocycles. The van der Waals surface area contributed by atoms with E-state index < -0.39 is 16.9 Å². The van der Waals surface area contributed by atoms with Gasteiger partial charge in [-0.2, -0.15) is 0 Å². The highest BCUT2D eigenvalue weighted by Gasteiger charge is 2.25. The van der Waals surface area contributed by atoms with E-state index >= 15 is 0 Å². The monoisotopic (exact) mass is 344 g/mol. The van der Waals surface area contributed by atoms with Gasteiger partial charge in [0.05, 0.1) is 21.3 Å². The molecule has 0 aliphatic rings. The first kappa shape index (κ1) is 16.5. The van der Waals surface area contributed by atoms with E-state index in [-0.39, 0.29) is 28.2 Å². The summed E-state index contributed by atoms with van der Waals surface area (Å²) in [5.74, 6) is -0.276. The number of phenols is 2. The molecule has 0 saturated carbocycles. The largest absolute Gasteiger partial charge is 0.504 e. The summed E-state index contributed by atoms with van der Waals surface area (Å²) in [6, 6.07) is 8.08. The smallest absolute Gasteiger partial charge is 0.211 e. The molecule has 2 aromatic carbocycles. The molecule has 7 heteroatoms. The Balaban J connectivity index is 2.32. The number of rotatable bonds is 4. The molecule has 25 heavy (non-hydrogen) atoms. The molecule has 0 spiro atoms. The third-order valence-corrected chi connectivity index (χ3v) is 3.82. The van der Waals surface area contributed by atoms with Crippen molar-refractivity contribution in [3.05, 3.63) is 40.6 Å². The molecule has 0 radical (unpaired) electrons. The fourth-order valence-corrected chi connectivity index (χ4v) is 2.59. The molecule has 7 nitrogen and oxygen atoms in total. The molecule has 0 bridgehead atoms. The van der Waals surface area contributed by atoms with E-state index in [4.69, 9.17) is 18.6 Å². The van der Waals surface area contributed by atoms with Gasteiger partial charge in [-0.25, -0.2) is 0 Å². The molecule has 0 fully saturated rings. The van der Waals surface area contributed by atoms with Gasteiger partial charge in [0.25, 0.3) is 0 Å². The Labute approximate surface area is 142 Å². The van der Waals surface area contributed by atoms with Crippen LogP contribution in [0.5, 0.6) is 28.7 Å². The summed E-state index contributed by atoms with van der Waals surface area (Å²) in [5, 5.41) is 20.5. The first-order valence-electron chi connectivity index (χ1n) is 7.30. The van der Waals surface area contributed by atoms with Crippen molar-refractivity contribution in [2.75, 3.05) is 21.3 Å². The average molecular weight is 344 g/mol. The van der Waals surface area contributed by atoms with E-state index in [1.807, 2.05) is 0 Å². The summed E-state index contributed by atoms with van der Waals surface area (Å²) in [4.78, 5) is 12.5. The van der Waals surface area contributed by atoms with Crippen LogP contribution in [0.25, 0.3) is 22.3 Å². The van der Waals surface area contributed by atoms with Crippen molar-refractivity contribution in [1.82, 2.24) is 0 Å². The minimum atomic E-state index is -0.527. The zero-order valence-corrected chi connectivity index (χ0v) is 13.8. The molecular weight excluding hydrogens is 328 g/mol. The van der Waals surface area contributed by atoms with E-state index in [1.54, 1.807) is 31.4 Å². The summed E-state index contributed by atoms with van der Waals surface area (Å²) in [6.07, 6.45) is 0. The van der Waals surface area contributed by atoms with Gasteiger partial charge in [-0.3, -0.25) is 4.79 Å². The van der Waals surface area contributed by atoms with Crippen LogP contribution in [0.4, 0.5) is 0 Å². The Hall–Kier alpha value is -3.35. The zero-order valence-electron chi connectivity index (χ0n) is 13.8. The van der Waals surface area contributed by atoms with Gasteiger partial charge in [0.2, 0.25) is 17.2 Å². The molecule has 2 N–H and O–H groups in total. The van der Waals surface area contributed by atoms with E-state index in [0.29, 0.717) is 11.3 Å². The van der Waals surface area contributed by atoms with Crippen LogP contribution in [-0.2, 0) is 0 Å². The highest BCUT2D eigenvalue weighted by atomic mass is 16.5. The molecular formula is C18H16O7. The van der Waals surface area contributed by atoms with Crippen molar-refractivity contribution in [1.29, 1.82) is 0 Å². The second kappa shape index (κ2) is 6.27. The summed E-state index contributed by atoms with van der Waals surface area (Å²) in [6.45, 7) is 0. The van der Waals surface area contributed by atoms with Crippen LogP contribution >= 0.6 is 0 Å². The molecule has 3 aromatic rings. The lowest BCUT2D eigenvalue weighted by atomic mass is 10.1. The number of hydrogen-bond acceptors (Lipinski definition) is 7. The van der Waals surface area contributed by atoms with E-state index in [1.165, 1.54) is 20.3 Å². The van der Waals surface area contributed by atoms with Gasteiger partial charge in [0, 0.05) is 11.6 Å². The Morgan fingerprint density at radius 2 is 1.48 bits per heavy atom. The lowest BCUT2D eigenvalue weighted by molar-refractivity contribution is 0.317. The number of phenolic OH excluding ortho intramolecular Hbond substituents is 2. The summed E-state index contributed by atoms with van der Waals surface area (Å²) < 4.78 is 20.8. The number of fused-ring (bicyclic) bond motifs is 1. The third-order valence-electron chi connectivity index (χ3n) is 3.82. The predicted octanol–water partition coefficient (Wildman–Crippen LogP) is 2.90. The lowest BCUT2D eigenvalue weighted by Gasteiger charge is -2.14. The minimum Gasteiger partial charge on any atom is -0.504 e. The first-order valence-corrected chi connectivity index (χ1v) is 7.30. The van der Waals surface area contributed by atoms with Gasteiger partial charge >= 0.3 is 0 Å². The second-order valence-electron chi connectivity index (χ2n) is 5.17. The lowest BCUT2D eigenvalue weighted by Crippen LogP contribution is -2.03. The maximum atomic E-state index is 12.5. The van der Waals surface area contributed by atoms with Gasteiger partial charge in [-0.15, -0.1) is 0 Å². The van der Waals surface area contributed by atoms with Crippen molar-refractivity contribution in [2.24, 2.45) is 0 Å². The van der Waals surface area contributed by atoms with Crippen LogP contribution in [-0.4, -0.2) is 31.5 Å². The van der Waals surface area contributed by atoms with Crippen LogP contribution in [0.15, 0.2) is 39.5 Å². The second-order valence-corrected chi connectivity index (χ2v) is 5.17. The molecule has 0 saturated heterocycles. The highest BCUT2D eigenvalue weighted by molar-refractivity contribution is 5.94. The average Bonchev–Trinajstić information content (AvgIpc) is 2.63. The molecule has 0 unspecified atom stereocenters. The maximum absolute atomic E-state index is 12.5. The van der Waals surface area contributed by atoms with Crippen molar-refractivity contribution in [2.45, 2.75) is 0 Å². The fourth-order valence-electron chi connectivity index (χ4n) is 2.59.